The van der Waals surface area contributed by atoms with Crippen LogP contribution in [0.1, 0.15) is 32.2 Å². The van der Waals surface area contributed by atoms with Gasteiger partial charge in [-0.2, -0.15) is 5.26 Å². The lowest BCUT2D eigenvalue weighted by Crippen LogP contribution is -2.52. The van der Waals surface area contributed by atoms with Crippen LogP contribution >= 0.6 is 0 Å². The maximum atomic E-state index is 9.28. The number of ether oxygens (including phenoxy) is 2. The van der Waals surface area contributed by atoms with Gasteiger partial charge >= 0.3 is 0 Å². The molecule has 4 rings (SSSR count). The summed E-state index contributed by atoms with van der Waals surface area (Å²) in [5.74, 6) is 2.83. The van der Waals surface area contributed by atoms with Gasteiger partial charge in [0.1, 0.15) is 23.4 Å². The number of hydrogen-bond acceptors (Lipinski definition) is 8. The Kier molecular flexibility index (Phi) is 6.61. The van der Waals surface area contributed by atoms with Crippen LogP contribution in [0.5, 0.6) is 11.5 Å². The molecule has 1 atom stereocenters. The third-order valence-corrected chi connectivity index (χ3v) is 6.32. The monoisotopic (exact) mass is 450 g/mol. The molecule has 176 valence electrons. The van der Waals surface area contributed by atoms with Crippen molar-refractivity contribution in [1.82, 2.24) is 14.9 Å². The van der Waals surface area contributed by atoms with Crippen molar-refractivity contribution in [2.75, 3.05) is 63.3 Å². The molecule has 0 amide bonds. The van der Waals surface area contributed by atoms with Crippen molar-refractivity contribution in [3.8, 4) is 17.6 Å². The van der Waals surface area contributed by atoms with Crippen molar-refractivity contribution in [2.24, 2.45) is 5.41 Å². The average Bonchev–Trinajstić information content (AvgIpc) is 3.13. The molecule has 2 aromatic rings. The molecule has 0 saturated carbocycles. The third kappa shape index (κ3) is 5.14. The van der Waals surface area contributed by atoms with Gasteiger partial charge < -0.3 is 19.3 Å². The second-order valence-electron chi connectivity index (χ2n) is 10.0. The zero-order valence-corrected chi connectivity index (χ0v) is 20.3. The lowest BCUT2D eigenvalue weighted by molar-refractivity contribution is 0.235. The molecule has 0 spiro atoms. The molecule has 8 nitrogen and oxygen atoms in total. The highest BCUT2D eigenvalue weighted by molar-refractivity contribution is 5.61. The molecule has 33 heavy (non-hydrogen) atoms. The van der Waals surface area contributed by atoms with Crippen LogP contribution in [0.2, 0.25) is 0 Å². The summed E-state index contributed by atoms with van der Waals surface area (Å²) in [5, 5.41) is 9.28. The number of rotatable bonds is 6. The summed E-state index contributed by atoms with van der Waals surface area (Å²) in [6, 6.07) is 8.44. The number of anilines is 2. The van der Waals surface area contributed by atoms with Gasteiger partial charge in [0, 0.05) is 63.1 Å². The summed E-state index contributed by atoms with van der Waals surface area (Å²) in [4.78, 5) is 16.1. The van der Waals surface area contributed by atoms with Crippen molar-refractivity contribution < 1.29 is 9.47 Å². The number of nitriles is 1. The van der Waals surface area contributed by atoms with Crippen LogP contribution in [0, 0.1) is 16.7 Å². The van der Waals surface area contributed by atoms with E-state index in [0.29, 0.717) is 6.04 Å². The van der Waals surface area contributed by atoms with Gasteiger partial charge in [0.15, 0.2) is 0 Å². The molecule has 0 bridgehead atoms. The quantitative estimate of drug-likeness (QED) is 0.665. The molecular weight excluding hydrogens is 416 g/mol. The Labute approximate surface area is 196 Å². The van der Waals surface area contributed by atoms with Gasteiger partial charge in [0.25, 0.3) is 0 Å². The van der Waals surface area contributed by atoms with Crippen LogP contribution in [0.4, 0.5) is 11.5 Å². The smallest absolute Gasteiger partial charge is 0.234 e. The Bertz CT molecular complexity index is 1020. The van der Waals surface area contributed by atoms with Gasteiger partial charge in [0.05, 0.1) is 19.9 Å². The topological polar surface area (TPSA) is 77.8 Å². The standard InChI is InChI=1S/C25H34N6O2/c1-25(2,3)17-31-19(12-18-15-27-23(14-26)28-24(18)31)16-29-8-10-30(11-9-29)21-7-6-20(32-4)13-22(21)33-5/h6-7,13,15,19H,8-12,16-17H2,1-5H3. The van der Waals surface area contributed by atoms with E-state index in [4.69, 9.17) is 9.47 Å². The normalized spacial score (nSPS) is 18.7. The molecule has 8 heteroatoms. The molecular formula is C25H34N6O2. The van der Waals surface area contributed by atoms with E-state index in [9.17, 15) is 5.26 Å². The first-order valence-corrected chi connectivity index (χ1v) is 11.5. The Hall–Kier alpha value is -3.05. The molecule has 0 N–H and O–H groups in total. The molecule has 3 heterocycles. The zero-order valence-electron chi connectivity index (χ0n) is 20.3. The minimum atomic E-state index is 0.126. The first-order valence-electron chi connectivity index (χ1n) is 11.5. The second-order valence-corrected chi connectivity index (χ2v) is 10.0. The van der Waals surface area contributed by atoms with Gasteiger partial charge in [-0.3, -0.25) is 4.90 Å². The number of piperazine rings is 1. The molecule has 1 saturated heterocycles. The minimum Gasteiger partial charge on any atom is -0.497 e. The van der Waals surface area contributed by atoms with E-state index >= 15 is 0 Å². The number of hydrogen-bond donors (Lipinski definition) is 0. The fourth-order valence-corrected chi connectivity index (χ4v) is 4.77. The van der Waals surface area contributed by atoms with Crippen molar-refractivity contribution in [3.63, 3.8) is 0 Å². The van der Waals surface area contributed by atoms with E-state index in [1.54, 1.807) is 14.2 Å². The van der Waals surface area contributed by atoms with Crippen LogP contribution in [-0.4, -0.2) is 74.4 Å². The van der Waals surface area contributed by atoms with Gasteiger partial charge in [-0.25, -0.2) is 9.97 Å². The largest absolute Gasteiger partial charge is 0.497 e. The fraction of sp³-hybridized carbons (Fsp3) is 0.560. The Morgan fingerprint density at radius 3 is 2.52 bits per heavy atom. The van der Waals surface area contributed by atoms with E-state index < -0.39 is 0 Å². The SMILES string of the molecule is COc1ccc(N2CCN(CC3Cc4cnc(C#N)nc4N3CC(C)(C)C)CC2)c(OC)c1. The van der Waals surface area contributed by atoms with Gasteiger partial charge in [-0.1, -0.05) is 20.8 Å². The third-order valence-electron chi connectivity index (χ3n) is 6.32. The zero-order chi connectivity index (χ0) is 23.6. The Morgan fingerprint density at radius 2 is 1.88 bits per heavy atom. The highest BCUT2D eigenvalue weighted by atomic mass is 16.5. The van der Waals surface area contributed by atoms with Gasteiger partial charge in [-0.15, -0.1) is 0 Å². The van der Waals surface area contributed by atoms with E-state index in [1.165, 1.54) is 0 Å². The molecule has 2 aliphatic rings. The summed E-state index contributed by atoms with van der Waals surface area (Å²) in [7, 11) is 3.38. The highest BCUT2D eigenvalue weighted by Gasteiger charge is 2.35. The van der Waals surface area contributed by atoms with E-state index in [2.05, 4.69) is 57.6 Å². The molecule has 1 aromatic carbocycles. The molecule has 0 aliphatic carbocycles. The Balaban J connectivity index is 1.44. The van der Waals surface area contributed by atoms with Gasteiger partial charge in [0.2, 0.25) is 5.82 Å². The van der Waals surface area contributed by atoms with Crippen molar-refractivity contribution in [2.45, 2.75) is 33.2 Å². The van der Waals surface area contributed by atoms with Gasteiger partial charge in [-0.05, 0) is 24.0 Å². The maximum Gasteiger partial charge on any atom is 0.234 e. The molecule has 2 aliphatic heterocycles. The summed E-state index contributed by atoms with van der Waals surface area (Å²) in [5.41, 5.74) is 2.38. The maximum absolute atomic E-state index is 9.28. The molecule has 1 aromatic heterocycles. The lowest BCUT2D eigenvalue weighted by atomic mass is 9.95. The van der Waals surface area contributed by atoms with Crippen LogP contribution in [0.25, 0.3) is 0 Å². The summed E-state index contributed by atoms with van der Waals surface area (Å²) in [6.07, 6.45) is 2.76. The highest BCUT2D eigenvalue weighted by Crippen LogP contribution is 2.35. The summed E-state index contributed by atoms with van der Waals surface area (Å²) in [6.45, 7) is 12.5. The van der Waals surface area contributed by atoms with Crippen LogP contribution in [0.3, 0.4) is 0 Å². The number of fused-ring (bicyclic) bond motifs is 1. The number of aromatic nitrogens is 2. The first-order chi connectivity index (χ1) is 15.8. The van der Waals surface area contributed by atoms with Crippen molar-refractivity contribution >= 4 is 11.5 Å². The second kappa shape index (κ2) is 9.44. The lowest BCUT2D eigenvalue weighted by Gasteiger charge is -2.40. The number of methoxy groups -OCH3 is 2. The predicted molar refractivity (Wildman–Crippen MR) is 129 cm³/mol. The van der Waals surface area contributed by atoms with Crippen LogP contribution in [-0.2, 0) is 6.42 Å². The van der Waals surface area contributed by atoms with E-state index in [0.717, 1.165) is 74.3 Å². The van der Waals surface area contributed by atoms with Crippen molar-refractivity contribution in [3.05, 3.63) is 35.8 Å². The Morgan fingerprint density at radius 1 is 1.12 bits per heavy atom. The summed E-state index contributed by atoms with van der Waals surface area (Å²) < 4.78 is 11.0. The van der Waals surface area contributed by atoms with Crippen LogP contribution < -0.4 is 19.3 Å². The van der Waals surface area contributed by atoms with Crippen LogP contribution in [0.15, 0.2) is 24.4 Å². The molecule has 1 unspecified atom stereocenters. The van der Waals surface area contributed by atoms with E-state index in [1.807, 2.05) is 18.3 Å². The number of benzene rings is 1. The minimum absolute atomic E-state index is 0.126. The van der Waals surface area contributed by atoms with Crippen molar-refractivity contribution in [1.29, 1.82) is 5.26 Å². The predicted octanol–water partition coefficient (Wildman–Crippen LogP) is 2.96. The fourth-order valence-electron chi connectivity index (χ4n) is 4.77. The average molecular weight is 451 g/mol. The first kappa shape index (κ1) is 23.1. The molecule has 1 fully saturated rings. The summed E-state index contributed by atoms with van der Waals surface area (Å²) >= 11 is 0. The van der Waals surface area contributed by atoms with E-state index in [-0.39, 0.29) is 11.2 Å². The number of nitrogens with zero attached hydrogens (tertiary/aromatic N) is 6. The molecule has 0 radical (unpaired) electrons.